The second-order valence-electron chi connectivity index (χ2n) is 4.52. The van der Waals surface area contributed by atoms with Crippen LogP contribution in [0, 0.1) is 22.7 Å². The highest BCUT2D eigenvalue weighted by atomic mass is 79.9. The Kier molecular flexibility index (Phi) is 5.01. The summed E-state index contributed by atoms with van der Waals surface area (Å²) in [6, 6.07) is 15.3. The summed E-state index contributed by atoms with van der Waals surface area (Å²) in [7, 11) is 0. The third kappa shape index (κ3) is 3.64. The number of nitrogens with zero attached hydrogens (tertiary/aromatic N) is 2. The molecular weight excluding hydrogens is 394 g/mol. The number of benzene rings is 2. The largest absolute Gasteiger partial charge is 0.378 e. The van der Waals surface area contributed by atoms with Gasteiger partial charge in [-0.1, -0.05) is 37.9 Å². The molecule has 1 N–H and O–H groups in total. The van der Waals surface area contributed by atoms with Crippen LogP contribution in [0.5, 0.6) is 0 Å². The number of hydrogen-bond donors (Lipinski definition) is 1. The standard InChI is InChI=1S/C16H11Br2N3/c1-10(15-5-3-13(17)7-16(15)18)21-14-4-2-11(8-19)12(6-14)9-20/h2-7,10,21H,1H3. The maximum absolute atomic E-state index is 9.06. The summed E-state index contributed by atoms with van der Waals surface area (Å²) >= 11 is 6.98. The molecule has 0 heterocycles. The summed E-state index contributed by atoms with van der Waals surface area (Å²) in [5.41, 5.74) is 2.69. The number of hydrogen-bond acceptors (Lipinski definition) is 3. The van der Waals surface area contributed by atoms with E-state index in [0.717, 1.165) is 20.2 Å². The summed E-state index contributed by atoms with van der Waals surface area (Å²) < 4.78 is 2.02. The maximum Gasteiger partial charge on any atom is 0.101 e. The van der Waals surface area contributed by atoms with Crippen molar-refractivity contribution in [3.05, 3.63) is 62.0 Å². The predicted octanol–water partition coefficient (Wildman–Crippen LogP) is 5.13. The van der Waals surface area contributed by atoms with Crippen LogP contribution >= 0.6 is 31.9 Å². The molecule has 2 aromatic carbocycles. The zero-order valence-electron chi connectivity index (χ0n) is 11.2. The molecule has 2 aromatic rings. The second kappa shape index (κ2) is 6.76. The van der Waals surface area contributed by atoms with E-state index >= 15 is 0 Å². The highest BCUT2D eigenvalue weighted by molar-refractivity contribution is 9.11. The fourth-order valence-corrected chi connectivity index (χ4v) is 3.39. The van der Waals surface area contributed by atoms with Crippen LogP contribution in [0.25, 0.3) is 0 Å². The van der Waals surface area contributed by atoms with Gasteiger partial charge in [0.15, 0.2) is 0 Å². The van der Waals surface area contributed by atoms with Crippen molar-refractivity contribution in [2.45, 2.75) is 13.0 Å². The molecule has 0 aliphatic carbocycles. The molecule has 5 heteroatoms. The highest BCUT2D eigenvalue weighted by Crippen LogP contribution is 2.29. The Morgan fingerprint density at radius 3 is 2.33 bits per heavy atom. The van der Waals surface area contributed by atoms with Crippen molar-refractivity contribution < 1.29 is 0 Å². The SMILES string of the molecule is CC(Nc1ccc(C#N)c(C#N)c1)c1ccc(Br)cc1Br. The Morgan fingerprint density at radius 1 is 1.00 bits per heavy atom. The predicted molar refractivity (Wildman–Crippen MR) is 89.8 cm³/mol. The van der Waals surface area contributed by atoms with Crippen LogP contribution in [0.4, 0.5) is 5.69 Å². The number of rotatable bonds is 3. The van der Waals surface area contributed by atoms with Crippen LogP contribution in [0.1, 0.15) is 29.7 Å². The summed E-state index contributed by atoms with van der Waals surface area (Å²) in [6.07, 6.45) is 0. The monoisotopic (exact) mass is 403 g/mol. The van der Waals surface area contributed by atoms with Crippen LogP contribution in [-0.2, 0) is 0 Å². The van der Waals surface area contributed by atoms with E-state index in [1.807, 2.05) is 43.3 Å². The van der Waals surface area contributed by atoms with E-state index in [4.69, 9.17) is 10.5 Å². The summed E-state index contributed by atoms with van der Waals surface area (Å²) in [5.74, 6) is 0. The number of nitriles is 2. The fraction of sp³-hybridized carbons (Fsp3) is 0.125. The molecule has 0 radical (unpaired) electrons. The van der Waals surface area contributed by atoms with Gasteiger partial charge in [-0.2, -0.15) is 10.5 Å². The lowest BCUT2D eigenvalue weighted by Gasteiger charge is -2.17. The van der Waals surface area contributed by atoms with E-state index < -0.39 is 0 Å². The van der Waals surface area contributed by atoms with Gasteiger partial charge in [0.25, 0.3) is 0 Å². The molecule has 2 rings (SSSR count). The maximum atomic E-state index is 9.06. The zero-order valence-corrected chi connectivity index (χ0v) is 14.4. The third-order valence-corrected chi connectivity index (χ3v) is 4.25. The van der Waals surface area contributed by atoms with Gasteiger partial charge in [0.05, 0.1) is 11.1 Å². The third-order valence-electron chi connectivity index (χ3n) is 3.07. The van der Waals surface area contributed by atoms with Gasteiger partial charge >= 0.3 is 0 Å². The zero-order chi connectivity index (χ0) is 15.4. The molecule has 0 saturated heterocycles. The first-order chi connectivity index (χ1) is 10.0. The first-order valence-corrected chi connectivity index (χ1v) is 7.79. The van der Waals surface area contributed by atoms with Gasteiger partial charge in [-0.25, -0.2) is 0 Å². The number of halogens is 2. The van der Waals surface area contributed by atoms with Crippen molar-refractivity contribution in [2.75, 3.05) is 5.32 Å². The van der Waals surface area contributed by atoms with Gasteiger partial charge in [-0.3, -0.25) is 0 Å². The van der Waals surface area contributed by atoms with E-state index in [-0.39, 0.29) is 6.04 Å². The lowest BCUT2D eigenvalue weighted by atomic mass is 10.1. The van der Waals surface area contributed by atoms with Crippen LogP contribution in [0.3, 0.4) is 0 Å². The fourth-order valence-electron chi connectivity index (χ4n) is 2.00. The van der Waals surface area contributed by atoms with Crippen molar-refractivity contribution in [3.63, 3.8) is 0 Å². The lowest BCUT2D eigenvalue weighted by molar-refractivity contribution is 0.878. The minimum Gasteiger partial charge on any atom is -0.378 e. The minimum absolute atomic E-state index is 0.0620. The smallest absolute Gasteiger partial charge is 0.101 e. The summed E-state index contributed by atoms with van der Waals surface area (Å²) in [5, 5.41) is 21.3. The molecule has 0 spiro atoms. The van der Waals surface area contributed by atoms with Crippen molar-refractivity contribution in [3.8, 4) is 12.1 Å². The average Bonchev–Trinajstić information content (AvgIpc) is 2.46. The van der Waals surface area contributed by atoms with E-state index in [2.05, 4.69) is 37.2 Å². The summed E-state index contributed by atoms with van der Waals surface area (Å²) in [6.45, 7) is 2.04. The van der Waals surface area contributed by atoms with Crippen LogP contribution in [0.15, 0.2) is 45.3 Å². The van der Waals surface area contributed by atoms with Gasteiger partial charge in [0.1, 0.15) is 12.1 Å². The molecule has 0 bridgehead atoms. The average molecular weight is 405 g/mol. The Balaban J connectivity index is 2.26. The minimum atomic E-state index is 0.0620. The Morgan fingerprint density at radius 2 is 1.71 bits per heavy atom. The molecule has 1 atom stereocenters. The van der Waals surface area contributed by atoms with Crippen LogP contribution in [0.2, 0.25) is 0 Å². The molecule has 1 unspecified atom stereocenters. The van der Waals surface area contributed by atoms with Crippen LogP contribution in [-0.4, -0.2) is 0 Å². The first-order valence-electron chi connectivity index (χ1n) is 6.21. The quantitative estimate of drug-likeness (QED) is 0.771. The second-order valence-corrected chi connectivity index (χ2v) is 6.29. The van der Waals surface area contributed by atoms with Gasteiger partial charge in [0, 0.05) is 20.7 Å². The summed E-state index contributed by atoms with van der Waals surface area (Å²) in [4.78, 5) is 0. The van der Waals surface area contributed by atoms with Crippen molar-refractivity contribution >= 4 is 37.5 Å². The van der Waals surface area contributed by atoms with Gasteiger partial charge in [0.2, 0.25) is 0 Å². The van der Waals surface area contributed by atoms with Crippen molar-refractivity contribution in [1.82, 2.24) is 0 Å². The van der Waals surface area contributed by atoms with E-state index in [1.165, 1.54) is 0 Å². The van der Waals surface area contributed by atoms with Gasteiger partial charge in [-0.15, -0.1) is 0 Å². The van der Waals surface area contributed by atoms with Crippen LogP contribution < -0.4 is 5.32 Å². The molecular formula is C16H11Br2N3. The lowest BCUT2D eigenvalue weighted by Crippen LogP contribution is -2.07. The van der Waals surface area contributed by atoms with E-state index in [0.29, 0.717) is 11.1 Å². The molecule has 0 aliphatic rings. The Labute approximate surface area is 140 Å². The Bertz CT molecular complexity index is 757. The molecule has 0 aromatic heterocycles. The molecule has 0 amide bonds. The normalized spacial score (nSPS) is 11.3. The van der Waals surface area contributed by atoms with Gasteiger partial charge in [-0.05, 0) is 42.8 Å². The van der Waals surface area contributed by atoms with E-state index in [9.17, 15) is 0 Å². The molecule has 0 saturated carbocycles. The molecule has 0 aliphatic heterocycles. The molecule has 0 fully saturated rings. The molecule has 3 nitrogen and oxygen atoms in total. The molecule has 104 valence electrons. The first kappa shape index (κ1) is 15.6. The molecule has 21 heavy (non-hydrogen) atoms. The van der Waals surface area contributed by atoms with Crippen molar-refractivity contribution in [1.29, 1.82) is 10.5 Å². The Hall–Kier alpha value is -1.82. The van der Waals surface area contributed by atoms with E-state index in [1.54, 1.807) is 12.1 Å². The number of anilines is 1. The topological polar surface area (TPSA) is 59.6 Å². The van der Waals surface area contributed by atoms with Gasteiger partial charge < -0.3 is 5.32 Å². The highest BCUT2D eigenvalue weighted by Gasteiger charge is 2.11. The number of nitrogens with one attached hydrogen (secondary N) is 1. The van der Waals surface area contributed by atoms with Crippen molar-refractivity contribution in [2.24, 2.45) is 0 Å².